The molecule has 0 spiro atoms. The van der Waals surface area contributed by atoms with Crippen LogP contribution in [-0.4, -0.2) is 33.1 Å². The lowest BCUT2D eigenvalue weighted by Crippen LogP contribution is -2.59. The molecule has 0 radical (unpaired) electrons. The normalized spacial score (nSPS) is 50.3. The van der Waals surface area contributed by atoms with Crippen molar-refractivity contribution in [3.63, 3.8) is 0 Å². The van der Waals surface area contributed by atoms with Crippen molar-refractivity contribution in [3.8, 4) is 0 Å². The van der Waals surface area contributed by atoms with Gasteiger partial charge in [0.05, 0.1) is 17.8 Å². The standard InChI is InChI=1S/C27H48O3/c1-5-6-7-8-13-27(4,30)24-10-9-20-19-17-23(29)22-16-18(28)11-14-25(22,2)21(19)12-15-26(20,24)3/h18-24,28-30H,5-17H2,1-4H3/t18-,19?,20?,21?,22+,23-,24-,25+,26-,27?/m0/s1. The summed E-state index contributed by atoms with van der Waals surface area (Å²) < 4.78 is 0. The van der Waals surface area contributed by atoms with E-state index in [4.69, 9.17) is 0 Å². The summed E-state index contributed by atoms with van der Waals surface area (Å²) in [5.74, 6) is 2.59. The maximum absolute atomic E-state index is 11.6. The van der Waals surface area contributed by atoms with Crippen LogP contribution in [0.3, 0.4) is 0 Å². The Labute approximate surface area is 185 Å². The van der Waals surface area contributed by atoms with E-state index >= 15 is 0 Å². The molecule has 4 aliphatic carbocycles. The van der Waals surface area contributed by atoms with Gasteiger partial charge in [-0.2, -0.15) is 0 Å². The van der Waals surface area contributed by atoms with Crippen molar-refractivity contribution in [2.75, 3.05) is 0 Å². The van der Waals surface area contributed by atoms with Gasteiger partial charge in [-0.05, 0) is 105 Å². The van der Waals surface area contributed by atoms with Crippen LogP contribution in [0.2, 0.25) is 0 Å². The Hall–Kier alpha value is -0.120. The number of aliphatic hydroxyl groups is 3. The first-order valence-electron chi connectivity index (χ1n) is 13.2. The molecule has 4 unspecified atom stereocenters. The molecule has 0 amide bonds. The molecular weight excluding hydrogens is 372 g/mol. The van der Waals surface area contributed by atoms with Gasteiger partial charge >= 0.3 is 0 Å². The van der Waals surface area contributed by atoms with Crippen LogP contribution in [-0.2, 0) is 0 Å². The number of hydrogen-bond donors (Lipinski definition) is 3. The van der Waals surface area contributed by atoms with Crippen LogP contribution in [0.4, 0.5) is 0 Å². The average molecular weight is 421 g/mol. The summed E-state index contributed by atoms with van der Waals surface area (Å²) in [6, 6.07) is 0. The number of aliphatic hydroxyl groups excluding tert-OH is 2. The highest BCUT2D eigenvalue weighted by molar-refractivity contribution is 5.13. The summed E-state index contributed by atoms with van der Waals surface area (Å²) in [7, 11) is 0. The lowest BCUT2D eigenvalue weighted by molar-refractivity contribution is -0.179. The molecule has 0 aromatic rings. The third-order valence-corrected chi connectivity index (χ3v) is 10.9. The van der Waals surface area contributed by atoms with Crippen LogP contribution in [0.15, 0.2) is 0 Å². The second kappa shape index (κ2) is 8.34. The van der Waals surface area contributed by atoms with Gasteiger partial charge in [-0.15, -0.1) is 0 Å². The van der Waals surface area contributed by atoms with Crippen LogP contribution in [0.25, 0.3) is 0 Å². The molecule has 30 heavy (non-hydrogen) atoms. The lowest BCUT2D eigenvalue weighted by atomic mass is 9.43. The maximum Gasteiger partial charge on any atom is 0.0653 e. The zero-order valence-corrected chi connectivity index (χ0v) is 20.1. The van der Waals surface area contributed by atoms with Gasteiger partial charge in [0.1, 0.15) is 0 Å². The van der Waals surface area contributed by atoms with E-state index in [0.717, 1.165) is 44.9 Å². The van der Waals surface area contributed by atoms with Crippen LogP contribution in [0.1, 0.15) is 111 Å². The first-order valence-corrected chi connectivity index (χ1v) is 13.2. The van der Waals surface area contributed by atoms with Crippen molar-refractivity contribution < 1.29 is 15.3 Å². The van der Waals surface area contributed by atoms with Crippen molar-refractivity contribution in [1.82, 2.24) is 0 Å². The van der Waals surface area contributed by atoms with E-state index in [1.165, 1.54) is 38.5 Å². The average Bonchev–Trinajstić information content (AvgIpc) is 3.05. The van der Waals surface area contributed by atoms with E-state index in [9.17, 15) is 15.3 Å². The van der Waals surface area contributed by atoms with Crippen molar-refractivity contribution >= 4 is 0 Å². The summed E-state index contributed by atoms with van der Waals surface area (Å²) >= 11 is 0. The highest BCUT2D eigenvalue weighted by atomic mass is 16.3. The second-order valence-corrected chi connectivity index (χ2v) is 12.6. The van der Waals surface area contributed by atoms with Gasteiger partial charge in [0.15, 0.2) is 0 Å². The second-order valence-electron chi connectivity index (χ2n) is 12.6. The van der Waals surface area contributed by atoms with Crippen LogP contribution < -0.4 is 0 Å². The van der Waals surface area contributed by atoms with Gasteiger partial charge in [-0.25, -0.2) is 0 Å². The fourth-order valence-corrected chi connectivity index (χ4v) is 9.38. The summed E-state index contributed by atoms with van der Waals surface area (Å²) in [6.45, 7) is 9.29. The first-order chi connectivity index (χ1) is 14.1. The summed E-state index contributed by atoms with van der Waals surface area (Å²) in [5.41, 5.74) is -0.158. The van der Waals surface area contributed by atoms with E-state index in [-0.39, 0.29) is 29.0 Å². The molecular formula is C27H48O3. The fraction of sp³-hybridized carbons (Fsp3) is 1.00. The monoisotopic (exact) mass is 420 g/mol. The minimum atomic E-state index is -0.557. The zero-order valence-electron chi connectivity index (χ0n) is 20.1. The molecule has 3 heteroatoms. The SMILES string of the molecule is CCCCCCC(C)(O)[C@H]1CCC2C3C[C@H](O)[C@H]4C[C@@H](O)CC[C@]4(C)C3CC[C@@]21C. The minimum absolute atomic E-state index is 0.184. The molecule has 4 saturated carbocycles. The number of hydrogen-bond acceptors (Lipinski definition) is 3. The van der Waals surface area contributed by atoms with Gasteiger partial charge in [0.25, 0.3) is 0 Å². The number of unbranched alkanes of at least 4 members (excludes halogenated alkanes) is 3. The Kier molecular flexibility index (Phi) is 6.41. The Morgan fingerprint density at radius 1 is 0.833 bits per heavy atom. The molecule has 4 aliphatic rings. The largest absolute Gasteiger partial charge is 0.393 e. The summed E-state index contributed by atoms with van der Waals surface area (Å²) in [6.07, 6.45) is 13.9. The lowest BCUT2D eigenvalue weighted by Gasteiger charge is -2.62. The third kappa shape index (κ3) is 3.69. The quantitative estimate of drug-likeness (QED) is 0.483. The fourth-order valence-electron chi connectivity index (χ4n) is 9.38. The van der Waals surface area contributed by atoms with E-state index < -0.39 is 5.60 Å². The predicted molar refractivity (Wildman–Crippen MR) is 122 cm³/mol. The summed E-state index contributed by atoms with van der Waals surface area (Å²) in [5, 5.41) is 33.0. The van der Waals surface area contributed by atoms with Crippen LogP contribution in [0, 0.1) is 40.4 Å². The van der Waals surface area contributed by atoms with Crippen molar-refractivity contribution in [2.24, 2.45) is 40.4 Å². The minimum Gasteiger partial charge on any atom is -0.393 e. The summed E-state index contributed by atoms with van der Waals surface area (Å²) in [4.78, 5) is 0. The maximum atomic E-state index is 11.6. The van der Waals surface area contributed by atoms with E-state index in [2.05, 4.69) is 27.7 Å². The van der Waals surface area contributed by atoms with Gasteiger partial charge in [-0.1, -0.05) is 46.5 Å². The van der Waals surface area contributed by atoms with Gasteiger partial charge in [0.2, 0.25) is 0 Å². The molecule has 10 atom stereocenters. The molecule has 174 valence electrons. The smallest absolute Gasteiger partial charge is 0.0653 e. The number of rotatable bonds is 6. The van der Waals surface area contributed by atoms with Gasteiger partial charge in [-0.3, -0.25) is 0 Å². The van der Waals surface area contributed by atoms with Crippen molar-refractivity contribution in [1.29, 1.82) is 0 Å². The molecule has 3 N–H and O–H groups in total. The Morgan fingerprint density at radius 2 is 1.53 bits per heavy atom. The third-order valence-electron chi connectivity index (χ3n) is 10.9. The van der Waals surface area contributed by atoms with Crippen molar-refractivity contribution in [3.05, 3.63) is 0 Å². The topological polar surface area (TPSA) is 60.7 Å². The van der Waals surface area contributed by atoms with E-state index in [0.29, 0.717) is 23.7 Å². The molecule has 0 aromatic heterocycles. The molecule has 0 aliphatic heterocycles. The van der Waals surface area contributed by atoms with Crippen LogP contribution >= 0.6 is 0 Å². The zero-order chi connectivity index (χ0) is 21.7. The Bertz CT molecular complexity index is 603. The van der Waals surface area contributed by atoms with Gasteiger partial charge in [0, 0.05) is 0 Å². The molecule has 0 bridgehead atoms. The van der Waals surface area contributed by atoms with Crippen LogP contribution in [0.5, 0.6) is 0 Å². The van der Waals surface area contributed by atoms with E-state index in [1.54, 1.807) is 0 Å². The molecule has 0 saturated heterocycles. The van der Waals surface area contributed by atoms with Crippen molar-refractivity contribution in [2.45, 2.75) is 129 Å². The molecule has 4 rings (SSSR count). The molecule has 0 aromatic carbocycles. The molecule has 3 nitrogen and oxygen atoms in total. The Morgan fingerprint density at radius 3 is 2.27 bits per heavy atom. The van der Waals surface area contributed by atoms with E-state index in [1.807, 2.05) is 0 Å². The molecule has 0 heterocycles. The number of fused-ring (bicyclic) bond motifs is 5. The predicted octanol–water partition coefficient (Wildman–Crippen LogP) is 5.70. The molecule has 4 fully saturated rings. The van der Waals surface area contributed by atoms with Gasteiger partial charge < -0.3 is 15.3 Å². The highest BCUT2D eigenvalue weighted by Crippen LogP contribution is 2.68. The Balaban J connectivity index is 1.52. The first kappa shape index (κ1) is 23.1. The highest BCUT2D eigenvalue weighted by Gasteiger charge is 2.63.